The Labute approximate surface area is 127 Å². The number of carboxylic acids is 1. The Hall–Kier alpha value is -1.26. The van der Waals surface area contributed by atoms with Gasteiger partial charge in [-0.2, -0.15) is 0 Å². The number of amides is 2. The summed E-state index contributed by atoms with van der Waals surface area (Å²) < 4.78 is 0. The van der Waals surface area contributed by atoms with Gasteiger partial charge in [0.2, 0.25) is 0 Å². The van der Waals surface area contributed by atoms with Crippen LogP contribution in [0.1, 0.15) is 58.8 Å². The van der Waals surface area contributed by atoms with Gasteiger partial charge in [-0.05, 0) is 38.5 Å². The standard InChI is InChI=1S/C16H28N2O3/c1-12-6-9-18(13(2)10-12)15(21)17-11-16(14(19)20)7-4-3-5-8-16/h12-13H,3-11H2,1-2H3,(H,17,21)(H,19,20). The molecule has 2 amide bonds. The van der Waals surface area contributed by atoms with E-state index in [4.69, 9.17) is 0 Å². The first-order valence-electron chi connectivity index (χ1n) is 8.22. The Balaban J connectivity index is 1.91. The van der Waals surface area contributed by atoms with Crippen LogP contribution in [0, 0.1) is 11.3 Å². The molecule has 0 bridgehead atoms. The predicted octanol–water partition coefficient (Wildman–Crippen LogP) is 2.85. The van der Waals surface area contributed by atoms with Gasteiger partial charge in [-0.15, -0.1) is 0 Å². The number of aliphatic carboxylic acids is 1. The molecule has 1 aliphatic carbocycles. The van der Waals surface area contributed by atoms with Gasteiger partial charge in [0.05, 0.1) is 5.41 Å². The molecule has 2 N–H and O–H groups in total. The molecule has 2 unspecified atom stereocenters. The third kappa shape index (κ3) is 3.69. The molecule has 5 heteroatoms. The molecule has 120 valence electrons. The summed E-state index contributed by atoms with van der Waals surface area (Å²) in [5, 5.41) is 12.4. The first-order valence-corrected chi connectivity index (χ1v) is 8.22. The SMILES string of the molecule is CC1CCN(C(=O)NCC2(C(=O)O)CCCCC2)C(C)C1. The number of hydrogen-bond donors (Lipinski definition) is 2. The summed E-state index contributed by atoms with van der Waals surface area (Å²) in [6.45, 7) is 5.32. The molecule has 0 aromatic carbocycles. The minimum atomic E-state index is -0.761. The number of carbonyl (C=O) groups is 2. The van der Waals surface area contributed by atoms with Crippen LogP contribution in [-0.2, 0) is 4.79 Å². The maximum absolute atomic E-state index is 12.3. The van der Waals surface area contributed by atoms with Crippen molar-refractivity contribution in [2.75, 3.05) is 13.1 Å². The quantitative estimate of drug-likeness (QED) is 0.841. The molecule has 1 heterocycles. The Morgan fingerprint density at radius 1 is 1.24 bits per heavy atom. The van der Waals surface area contributed by atoms with E-state index in [-0.39, 0.29) is 18.6 Å². The fourth-order valence-electron chi connectivity index (χ4n) is 3.75. The number of urea groups is 1. The van der Waals surface area contributed by atoms with Crippen LogP contribution < -0.4 is 5.32 Å². The average Bonchev–Trinajstić information content (AvgIpc) is 2.45. The summed E-state index contributed by atoms with van der Waals surface area (Å²) in [6.07, 6.45) is 6.40. The summed E-state index contributed by atoms with van der Waals surface area (Å²) in [4.78, 5) is 25.8. The number of carboxylic acid groups (broad SMARTS) is 1. The van der Waals surface area contributed by atoms with Gasteiger partial charge in [0.25, 0.3) is 0 Å². The maximum Gasteiger partial charge on any atom is 0.317 e. The largest absolute Gasteiger partial charge is 0.481 e. The number of rotatable bonds is 3. The molecule has 2 fully saturated rings. The molecule has 1 aliphatic heterocycles. The fourth-order valence-corrected chi connectivity index (χ4v) is 3.75. The van der Waals surface area contributed by atoms with E-state index >= 15 is 0 Å². The highest BCUT2D eigenvalue weighted by molar-refractivity contribution is 5.78. The average molecular weight is 296 g/mol. The minimum Gasteiger partial charge on any atom is -0.481 e. The van der Waals surface area contributed by atoms with E-state index in [1.54, 1.807) is 0 Å². The monoisotopic (exact) mass is 296 g/mol. The highest BCUT2D eigenvalue weighted by Gasteiger charge is 2.40. The number of nitrogens with one attached hydrogen (secondary N) is 1. The lowest BCUT2D eigenvalue weighted by molar-refractivity contribution is -0.150. The van der Waals surface area contributed by atoms with Crippen LogP contribution in [-0.4, -0.2) is 41.1 Å². The zero-order valence-electron chi connectivity index (χ0n) is 13.2. The van der Waals surface area contributed by atoms with E-state index in [9.17, 15) is 14.7 Å². The predicted molar refractivity (Wildman–Crippen MR) is 81.1 cm³/mol. The third-order valence-corrected chi connectivity index (χ3v) is 5.24. The van der Waals surface area contributed by atoms with E-state index in [0.717, 1.165) is 38.6 Å². The Morgan fingerprint density at radius 3 is 2.48 bits per heavy atom. The molecule has 2 atom stereocenters. The van der Waals surface area contributed by atoms with Crippen molar-refractivity contribution in [1.29, 1.82) is 0 Å². The van der Waals surface area contributed by atoms with Crippen molar-refractivity contribution in [2.45, 2.75) is 64.8 Å². The van der Waals surface area contributed by atoms with Crippen molar-refractivity contribution in [2.24, 2.45) is 11.3 Å². The van der Waals surface area contributed by atoms with Gasteiger partial charge in [0.1, 0.15) is 0 Å². The maximum atomic E-state index is 12.3. The zero-order chi connectivity index (χ0) is 15.5. The molecule has 0 spiro atoms. The summed E-state index contributed by atoms with van der Waals surface area (Å²) in [6, 6.07) is 0.140. The van der Waals surface area contributed by atoms with Crippen LogP contribution in [0.2, 0.25) is 0 Å². The normalized spacial score (nSPS) is 29.0. The van der Waals surface area contributed by atoms with Crippen LogP contribution >= 0.6 is 0 Å². The first-order chi connectivity index (χ1) is 9.94. The molecule has 1 saturated heterocycles. The second-order valence-electron chi connectivity index (χ2n) is 6.98. The van der Waals surface area contributed by atoms with Gasteiger partial charge < -0.3 is 15.3 Å². The van der Waals surface area contributed by atoms with Crippen molar-refractivity contribution < 1.29 is 14.7 Å². The molecule has 5 nitrogen and oxygen atoms in total. The van der Waals surface area contributed by atoms with E-state index in [0.29, 0.717) is 18.8 Å². The highest BCUT2D eigenvalue weighted by Crippen LogP contribution is 2.36. The Morgan fingerprint density at radius 2 is 1.90 bits per heavy atom. The van der Waals surface area contributed by atoms with E-state index in [2.05, 4.69) is 19.2 Å². The zero-order valence-corrected chi connectivity index (χ0v) is 13.2. The van der Waals surface area contributed by atoms with E-state index in [1.807, 2.05) is 4.90 Å². The molecule has 21 heavy (non-hydrogen) atoms. The van der Waals surface area contributed by atoms with Crippen molar-refractivity contribution in [3.8, 4) is 0 Å². The van der Waals surface area contributed by atoms with Gasteiger partial charge >= 0.3 is 12.0 Å². The molecular formula is C16H28N2O3. The molecular weight excluding hydrogens is 268 g/mol. The molecule has 0 aromatic rings. The lowest BCUT2D eigenvalue weighted by Gasteiger charge is -2.38. The van der Waals surface area contributed by atoms with Gasteiger partial charge in [-0.25, -0.2) is 4.79 Å². The van der Waals surface area contributed by atoms with Crippen LogP contribution in [0.25, 0.3) is 0 Å². The smallest absolute Gasteiger partial charge is 0.317 e. The van der Waals surface area contributed by atoms with E-state index in [1.165, 1.54) is 0 Å². The van der Waals surface area contributed by atoms with Crippen LogP contribution in [0.3, 0.4) is 0 Å². The number of carbonyl (C=O) groups excluding carboxylic acids is 1. The molecule has 0 radical (unpaired) electrons. The summed E-state index contributed by atoms with van der Waals surface area (Å²) >= 11 is 0. The van der Waals surface area contributed by atoms with Gasteiger partial charge in [-0.3, -0.25) is 4.79 Å². The summed E-state index contributed by atoms with van der Waals surface area (Å²) in [7, 11) is 0. The molecule has 2 aliphatic rings. The van der Waals surface area contributed by atoms with E-state index < -0.39 is 11.4 Å². The Kier molecular flexibility index (Phi) is 5.12. The third-order valence-electron chi connectivity index (χ3n) is 5.24. The lowest BCUT2D eigenvalue weighted by Crippen LogP contribution is -2.52. The van der Waals surface area contributed by atoms with Gasteiger partial charge in [0.15, 0.2) is 0 Å². The topological polar surface area (TPSA) is 69.6 Å². The molecule has 1 saturated carbocycles. The second-order valence-corrected chi connectivity index (χ2v) is 6.98. The first kappa shape index (κ1) is 16.1. The fraction of sp³-hybridized carbons (Fsp3) is 0.875. The van der Waals surface area contributed by atoms with Crippen molar-refractivity contribution >= 4 is 12.0 Å². The van der Waals surface area contributed by atoms with Gasteiger partial charge in [0, 0.05) is 19.1 Å². The Bertz CT molecular complexity index is 391. The minimum absolute atomic E-state index is 0.0967. The van der Waals surface area contributed by atoms with Crippen LogP contribution in [0.15, 0.2) is 0 Å². The number of likely N-dealkylation sites (tertiary alicyclic amines) is 1. The number of piperidine rings is 1. The van der Waals surface area contributed by atoms with Gasteiger partial charge in [-0.1, -0.05) is 26.2 Å². The molecule has 0 aromatic heterocycles. The van der Waals surface area contributed by atoms with Crippen molar-refractivity contribution in [3.05, 3.63) is 0 Å². The van der Waals surface area contributed by atoms with Crippen LogP contribution in [0.5, 0.6) is 0 Å². The second kappa shape index (κ2) is 6.67. The number of hydrogen-bond acceptors (Lipinski definition) is 2. The summed E-state index contributed by atoms with van der Waals surface area (Å²) in [5.74, 6) is -0.101. The van der Waals surface area contributed by atoms with Crippen LogP contribution in [0.4, 0.5) is 4.79 Å². The van der Waals surface area contributed by atoms with Crippen molar-refractivity contribution in [3.63, 3.8) is 0 Å². The van der Waals surface area contributed by atoms with Crippen molar-refractivity contribution in [1.82, 2.24) is 10.2 Å². The summed E-state index contributed by atoms with van der Waals surface area (Å²) in [5.41, 5.74) is -0.750. The highest BCUT2D eigenvalue weighted by atomic mass is 16.4. The molecule has 2 rings (SSSR count). The lowest BCUT2D eigenvalue weighted by atomic mass is 9.74. The number of nitrogens with zero attached hydrogens (tertiary/aromatic N) is 1.